The lowest BCUT2D eigenvalue weighted by molar-refractivity contribution is -0.0633. The van der Waals surface area contributed by atoms with Gasteiger partial charge in [-0.15, -0.1) is 0 Å². The number of hydrogen-bond donors (Lipinski definition) is 1. The van der Waals surface area contributed by atoms with Crippen molar-refractivity contribution in [1.29, 1.82) is 0 Å². The molecule has 0 bridgehead atoms. The van der Waals surface area contributed by atoms with Crippen molar-refractivity contribution in [3.05, 3.63) is 35.4 Å². The van der Waals surface area contributed by atoms with Gasteiger partial charge in [-0.2, -0.15) is 0 Å². The van der Waals surface area contributed by atoms with Crippen LogP contribution in [0.1, 0.15) is 39.2 Å². The van der Waals surface area contributed by atoms with Crippen LogP contribution in [0, 0.1) is 11.6 Å². The van der Waals surface area contributed by atoms with Crippen molar-refractivity contribution >= 4 is 0 Å². The number of rotatable bonds is 7. The molecule has 0 heterocycles. The highest BCUT2D eigenvalue weighted by Gasteiger charge is 2.34. The molecule has 2 N–H and O–H groups in total. The van der Waals surface area contributed by atoms with E-state index in [0.29, 0.717) is 18.6 Å². The minimum atomic E-state index is -0.572. The molecular weight excluding hydrogens is 248 g/mol. The molecule has 1 unspecified atom stereocenters. The Morgan fingerprint density at radius 2 is 1.63 bits per heavy atom. The van der Waals surface area contributed by atoms with Gasteiger partial charge in [-0.1, -0.05) is 13.8 Å². The molecule has 1 rings (SSSR count). The molecule has 0 saturated heterocycles. The monoisotopic (exact) mass is 271 g/mol. The zero-order chi connectivity index (χ0) is 14.5. The zero-order valence-corrected chi connectivity index (χ0v) is 11.9. The molecule has 1 atom stereocenters. The fourth-order valence-electron chi connectivity index (χ4n) is 2.54. The molecule has 0 aromatic heterocycles. The minimum Gasteiger partial charge on any atom is -0.374 e. The van der Waals surface area contributed by atoms with Gasteiger partial charge in [0.1, 0.15) is 11.6 Å². The van der Waals surface area contributed by atoms with Crippen LogP contribution in [0.3, 0.4) is 0 Å². The Morgan fingerprint density at radius 1 is 1.11 bits per heavy atom. The lowest BCUT2D eigenvalue weighted by Crippen LogP contribution is -2.50. The molecule has 0 aliphatic heterocycles. The molecule has 0 spiro atoms. The molecule has 0 amide bonds. The maximum Gasteiger partial charge on any atom is 0.126 e. The van der Waals surface area contributed by atoms with E-state index >= 15 is 0 Å². The molecule has 1 aromatic carbocycles. The van der Waals surface area contributed by atoms with Gasteiger partial charge in [-0.25, -0.2) is 8.78 Å². The van der Waals surface area contributed by atoms with Crippen LogP contribution in [0.15, 0.2) is 18.2 Å². The quantitative estimate of drug-likeness (QED) is 0.824. The van der Waals surface area contributed by atoms with Crippen molar-refractivity contribution in [1.82, 2.24) is 0 Å². The molecule has 0 aliphatic rings. The van der Waals surface area contributed by atoms with E-state index in [9.17, 15) is 8.78 Å². The molecule has 19 heavy (non-hydrogen) atoms. The van der Waals surface area contributed by atoms with E-state index in [2.05, 4.69) is 0 Å². The van der Waals surface area contributed by atoms with Crippen LogP contribution in [-0.2, 0) is 11.2 Å². The van der Waals surface area contributed by atoms with Gasteiger partial charge >= 0.3 is 0 Å². The van der Waals surface area contributed by atoms with E-state index in [-0.39, 0.29) is 6.04 Å². The summed E-state index contributed by atoms with van der Waals surface area (Å²) in [6.45, 7) is 6.54. The van der Waals surface area contributed by atoms with Gasteiger partial charge in [0.2, 0.25) is 0 Å². The number of benzene rings is 1. The summed E-state index contributed by atoms with van der Waals surface area (Å²) in [5.74, 6) is -1.14. The first-order valence-electron chi connectivity index (χ1n) is 6.82. The first-order valence-corrected chi connectivity index (χ1v) is 6.82. The SMILES string of the molecule is CCOC(CC)(CC)C(N)Cc1cc(F)cc(F)c1. The Morgan fingerprint density at radius 3 is 2.05 bits per heavy atom. The van der Waals surface area contributed by atoms with Crippen molar-refractivity contribution < 1.29 is 13.5 Å². The molecule has 0 saturated carbocycles. The summed E-state index contributed by atoms with van der Waals surface area (Å²) in [5, 5.41) is 0. The van der Waals surface area contributed by atoms with Gasteiger partial charge in [-0.05, 0) is 43.9 Å². The third kappa shape index (κ3) is 3.98. The topological polar surface area (TPSA) is 35.2 Å². The molecule has 4 heteroatoms. The second-order valence-corrected chi connectivity index (χ2v) is 4.79. The van der Waals surface area contributed by atoms with Crippen LogP contribution in [0.25, 0.3) is 0 Å². The van der Waals surface area contributed by atoms with Crippen molar-refractivity contribution in [3.63, 3.8) is 0 Å². The van der Waals surface area contributed by atoms with E-state index in [1.54, 1.807) is 0 Å². The van der Waals surface area contributed by atoms with Crippen LogP contribution in [0.2, 0.25) is 0 Å². The minimum absolute atomic E-state index is 0.288. The second-order valence-electron chi connectivity index (χ2n) is 4.79. The first kappa shape index (κ1) is 16.1. The lowest BCUT2D eigenvalue weighted by atomic mass is 9.85. The number of halogens is 2. The Kier molecular flexibility index (Phi) is 5.88. The van der Waals surface area contributed by atoms with E-state index in [4.69, 9.17) is 10.5 Å². The smallest absolute Gasteiger partial charge is 0.126 e. The van der Waals surface area contributed by atoms with Gasteiger partial charge < -0.3 is 10.5 Å². The third-order valence-corrected chi connectivity index (χ3v) is 3.68. The van der Waals surface area contributed by atoms with Gasteiger partial charge in [0.05, 0.1) is 5.60 Å². The normalized spacial score (nSPS) is 13.6. The Hall–Kier alpha value is -1.00. The van der Waals surface area contributed by atoms with Gasteiger partial charge in [0, 0.05) is 18.7 Å². The number of hydrogen-bond acceptors (Lipinski definition) is 2. The fourth-order valence-corrected chi connectivity index (χ4v) is 2.54. The van der Waals surface area contributed by atoms with Crippen LogP contribution >= 0.6 is 0 Å². The third-order valence-electron chi connectivity index (χ3n) is 3.68. The maximum absolute atomic E-state index is 13.2. The second kappa shape index (κ2) is 6.96. The summed E-state index contributed by atoms with van der Waals surface area (Å²) in [6, 6.07) is 3.23. The highest BCUT2D eigenvalue weighted by Crippen LogP contribution is 2.26. The van der Waals surface area contributed by atoms with E-state index in [1.165, 1.54) is 12.1 Å². The first-order chi connectivity index (χ1) is 8.97. The maximum atomic E-state index is 13.2. The van der Waals surface area contributed by atoms with Crippen LogP contribution in [0.4, 0.5) is 8.78 Å². The van der Waals surface area contributed by atoms with E-state index in [1.807, 2.05) is 20.8 Å². The Labute approximate surface area is 114 Å². The standard InChI is InChI=1S/C15H23F2NO/c1-4-15(5-2,19-6-3)14(18)9-11-7-12(16)10-13(17)8-11/h7-8,10,14H,4-6,9,18H2,1-3H3. The van der Waals surface area contributed by atoms with E-state index < -0.39 is 17.2 Å². The average Bonchev–Trinajstić information content (AvgIpc) is 2.34. The summed E-state index contributed by atoms with van der Waals surface area (Å²) in [6.07, 6.45) is 1.95. The largest absolute Gasteiger partial charge is 0.374 e. The summed E-state index contributed by atoms with van der Waals surface area (Å²) < 4.78 is 32.2. The van der Waals surface area contributed by atoms with Gasteiger partial charge in [0.25, 0.3) is 0 Å². The van der Waals surface area contributed by atoms with Gasteiger partial charge in [-0.3, -0.25) is 0 Å². The molecule has 108 valence electrons. The summed E-state index contributed by atoms with van der Waals surface area (Å²) >= 11 is 0. The van der Waals surface area contributed by atoms with Crippen LogP contribution in [-0.4, -0.2) is 18.2 Å². The molecule has 2 nitrogen and oxygen atoms in total. The summed E-state index contributed by atoms with van der Waals surface area (Å²) in [5.41, 5.74) is 6.36. The average molecular weight is 271 g/mol. The summed E-state index contributed by atoms with van der Waals surface area (Å²) in [7, 11) is 0. The Bertz CT molecular complexity index is 385. The summed E-state index contributed by atoms with van der Waals surface area (Å²) in [4.78, 5) is 0. The van der Waals surface area contributed by atoms with Gasteiger partial charge in [0.15, 0.2) is 0 Å². The predicted molar refractivity (Wildman–Crippen MR) is 73.0 cm³/mol. The number of nitrogens with two attached hydrogens (primary N) is 1. The van der Waals surface area contributed by atoms with E-state index in [0.717, 1.165) is 18.9 Å². The predicted octanol–water partition coefficient (Wildman–Crippen LogP) is 3.43. The van der Waals surface area contributed by atoms with Crippen LogP contribution < -0.4 is 5.73 Å². The van der Waals surface area contributed by atoms with Crippen molar-refractivity contribution in [2.75, 3.05) is 6.61 Å². The molecule has 0 radical (unpaired) electrons. The van der Waals surface area contributed by atoms with Crippen molar-refractivity contribution in [3.8, 4) is 0 Å². The number of ether oxygens (including phenoxy) is 1. The highest BCUT2D eigenvalue weighted by atomic mass is 19.1. The fraction of sp³-hybridized carbons (Fsp3) is 0.600. The molecule has 0 fully saturated rings. The van der Waals surface area contributed by atoms with Crippen molar-refractivity contribution in [2.45, 2.75) is 51.7 Å². The highest BCUT2D eigenvalue weighted by molar-refractivity contribution is 5.19. The molecule has 0 aliphatic carbocycles. The Balaban J connectivity index is 2.89. The lowest BCUT2D eigenvalue weighted by Gasteiger charge is -2.37. The van der Waals surface area contributed by atoms with Crippen LogP contribution in [0.5, 0.6) is 0 Å². The van der Waals surface area contributed by atoms with Crippen molar-refractivity contribution in [2.24, 2.45) is 5.73 Å². The molecule has 1 aromatic rings. The molecular formula is C15H23F2NO. The zero-order valence-electron chi connectivity index (χ0n) is 11.9.